The Balaban J connectivity index is 2.44. The van der Waals surface area contributed by atoms with Gasteiger partial charge in [0, 0.05) is 16.7 Å². The van der Waals surface area contributed by atoms with Crippen LogP contribution in [0.4, 0.5) is 0 Å². The van der Waals surface area contributed by atoms with Gasteiger partial charge in [-0.05, 0) is 46.8 Å². The van der Waals surface area contributed by atoms with Gasteiger partial charge >= 0.3 is 0 Å². The quantitative estimate of drug-likeness (QED) is 0.853. The van der Waals surface area contributed by atoms with E-state index in [-0.39, 0.29) is 16.3 Å². The van der Waals surface area contributed by atoms with E-state index in [0.717, 1.165) is 10.9 Å². The Hall–Kier alpha value is -1.37. The van der Waals surface area contributed by atoms with Gasteiger partial charge in [0.25, 0.3) is 5.56 Å². The lowest BCUT2D eigenvalue weighted by Crippen LogP contribution is -2.41. The van der Waals surface area contributed by atoms with Crippen molar-refractivity contribution in [3.8, 4) is 0 Å². The second-order valence-corrected chi connectivity index (χ2v) is 8.21. The maximum atomic E-state index is 12.2. The van der Waals surface area contributed by atoms with E-state index in [9.17, 15) is 9.35 Å². The summed E-state index contributed by atoms with van der Waals surface area (Å²) in [6.07, 6.45) is 0. The van der Waals surface area contributed by atoms with Crippen LogP contribution in [0, 0.1) is 6.92 Å². The maximum Gasteiger partial charge on any atom is 0.272 e. The fraction of sp³-hybridized carbons (Fsp3) is 0.467. The van der Waals surface area contributed by atoms with Gasteiger partial charge in [-0.2, -0.15) is 5.10 Å². The molecule has 0 saturated heterocycles. The number of nitrogens with one attached hydrogen (secondary N) is 2. The zero-order valence-electron chi connectivity index (χ0n) is 13.0. The Bertz CT molecular complexity index is 706. The monoisotopic (exact) mass is 307 g/mol. The van der Waals surface area contributed by atoms with Gasteiger partial charge in [0.1, 0.15) is 4.75 Å². The van der Waals surface area contributed by atoms with Crippen molar-refractivity contribution in [2.24, 2.45) is 0 Å². The molecule has 0 bridgehead atoms. The molecule has 114 valence electrons. The third-order valence-corrected chi connectivity index (χ3v) is 4.90. The second kappa shape index (κ2) is 5.79. The predicted octanol–water partition coefficient (Wildman–Crippen LogP) is 2.34. The maximum absolute atomic E-state index is 12.2. The predicted molar refractivity (Wildman–Crippen MR) is 86.5 cm³/mol. The lowest BCUT2D eigenvalue weighted by Gasteiger charge is -2.26. The molecule has 0 saturated carbocycles. The molecule has 0 aliphatic carbocycles. The minimum atomic E-state index is -1.20. The van der Waals surface area contributed by atoms with E-state index < -0.39 is 11.4 Å². The number of benzene rings is 1. The van der Waals surface area contributed by atoms with Gasteiger partial charge in [-0.1, -0.05) is 11.6 Å². The Labute approximate surface area is 127 Å². The second-order valence-electron chi connectivity index (χ2n) is 6.21. The number of hydrogen-bond donors (Lipinski definition) is 2. The van der Waals surface area contributed by atoms with Crippen LogP contribution in [0.5, 0.6) is 0 Å². The van der Waals surface area contributed by atoms with Crippen molar-refractivity contribution in [3.05, 3.63) is 39.8 Å². The molecule has 21 heavy (non-hydrogen) atoms. The van der Waals surface area contributed by atoms with E-state index in [1.54, 1.807) is 6.07 Å². The van der Waals surface area contributed by atoms with E-state index in [4.69, 9.17) is 0 Å². The number of fused-ring (bicyclic) bond motifs is 1. The third kappa shape index (κ3) is 3.45. The molecular weight excluding hydrogens is 286 g/mol. The molecule has 0 aliphatic heterocycles. The summed E-state index contributed by atoms with van der Waals surface area (Å²) in [7, 11) is 0. The van der Waals surface area contributed by atoms with E-state index >= 15 is 0 Å². The summed E-state index contributed by atoms with van der Waals surface area (Å²) in [4.78, 5) is 11.8. The summed E-state index contributed by atoms with van der Waals surface area (Å²) < 4.78 is 14.9. The summed E-state index contributed by atoms with van der Waals surface area (Å²) in [5, 5.41) is 8.05. The molecule has 2 unspecified atom stereocenters. The topological polar surface area (TPSA) is 80.8 Å². The molecule has 2 N–H and O–H groups in total. The molecule has 5 nitrogen and oxygen atoms in total. The number of aromatic amines is 1. The Morgan fingerprint density at radius 2 is 2.00 bits per heavy atom. The molecule has 1 heterocycles. The van der Waals surface area contributed by atoms with E-state index in [0.29, 0.717) is 11.1 Å². The fourth-order valence-electron chi connectivity index (χ4n) is 2.02. The number of H-pyrrole nitrogens is 1. The SMILES string of the molecule is Cc1ccc2c(=O)[nH]nc(C(C)N[S+]([O-])C(C)(C)C)c2c1. The Morgan fingerprint density at radius 1 is 1.33 bits per heavy atom. The molecule has 2 aromatic rings. The first-order chi connectivity index (χ1) is 9.70. The van der Waals surface area contributed by atoms with Crippen LogP contribution in [0.15, 0.2) is 23.0 Å². The third-order valence-electron chi connectivity index (χ3n) is 3.22. The van der Waals surface area contributed by atoms with Gasteiger partial charge < -0.3 is 4.55 Å². The van der Waals surface area contributed by atoms with E-state index in [2.05, 4.69) is 14.9 Å². The van der Waals surface area contributed by atoms with Crippen molar-refractivity contribution in [1.82, 2.24) is 14.9 Å². The fourth-order valence-corrected chi connectivity index (χ4v) is 2.81. The molecule has 6 heteroatoms. The molecule has 0 aliphatic rings. The molecular formula is C15H21N3O2S. The molecule has 0 radical (unpaired) electrons. The van der Waals surface area contributed by atoms with Crippen LogP contribution in [0.1, 0.15) is 45.0 Å². The van der Waals surface area contributed by atoms with Crippen LogP contribution in [0.3, 0.4) is 0 Å². The van der Waals surface area contributed by atoms with Gasteiger partial charge in [-0.3, -0.25) is 4.79 Å². The number of rotatable bonds is 3. The average Bonchev–Trinajstić information content (AvgIpc) is 2.37. The first kappa shape index (κ1) is 16.0. The molecule has 1 aromatic heterocycles. The highest BCUT2D eigenvalue weighted by Gasteiger charge is 2.29. The minimum Gasteiger partial charge on any atom is -0.598 e. The smallest absolute Gasteiger partial charge is 0.272 e. The largest absolute Gasteiger partial charge is 0.598 e. The van der Waals surface area contributed by atoms with Crippen molar-refractivity contribution in [3.63, 3.8) is 0 Å². The lowest BCUT2D eigenvalue weighted by molar-refractivity contribution is 0.528. The van der Waals surface area contributed by atoms with Crippen LogP contribution in [-0.2, 0) is 11.4 Å². The van der Waals surface area contributed by atoms with Gasteiger partial charge in [0.05, 0.1) is 17.1 Å². The highest BCUT2D eigenvalue weighted by Crippen LogP contribution is 2.23. The molecule has 2 atom stereocenters. The minimum absolute atomic E-state index is 0.210. The van der Waals surface area contributed by atoms with Gasteiger partial charge in [-0.15, -0.1) is 4.72 Å². The average molecular weight is 307 g/mol. The number of nitrogens with zero attached hydrogens (tertiary/aromatic N) is 1. The summed E-state index contributed by atoms with van der Waals surface area (Å²) >= 11 is -1.20. The molecule has 2 rings (SSSR count). The van der Waals surface area contributed by atoms with Gasteiger partial charge in [0.15, 0.2) is 0 Å². The lowest BCUT2D eigenvalue weighted by atomic mass is 10.1. The Morgan fingerprint density at radius 3 is 2.62 bits per heavy atom. The van der Waals surface area contributed by atoms with Crippen LogP contribution in [0.2, 0.25) is 0 Å². The van der Waals surface area contributed by atoms with E-state index in [1.165, 1.54) is 0 Å². The zero-order valence-corrected chi connectivity index (χ0v) is 13.8. The van der Waals surface area contributed by atoms with Crippen molar-refractivity contribution < 1.29 is 4.55 Å². The normalized spacial score (nSPS) is 15.1. The standard InChI is InChI=1S/C15H21N3O2S/c1-9-6-7-11-12(8-9)13(16-17-14(11)19)10(2)18-21(20)15(3,4)5/h6-8,10,18H,1-5H3,(H,17,19). The van der Waals surface area contributed by atoms with Crippen molar-refractivity contribution in [1.29, 1.82) is 0 Å². The first-order valence-electron chi connectivity index (χ1n) is 6.87. The van der Waals surface area contributed by atoms with E-state index in [1.807, 2.05) is 46.8 Å². The number of aromatic nitrogens is 2. The highest BCUT2D eigenvalue weighted by molar-refractivity contribution is 7.90. The zero-order chi connectivity index (χ0) is 15.8. The van der Waals surface area contributed by atoms with Crippen molar-refractivity contribution >= 4 is 22.1 Å². The molecule has 0 fully saturated rings. The van der Waals surface area contributed by atoms with Crippen LogP contribution >= 0.6 is 0 Å². The van der Waals surface area contributed by atoms with Crippen LogP contribution in [-0.4, -0.2) is 19.5 Å². The first-order valence-corrected chi connectivity index (χ1v) is 8.02. The summed E-state index contributed by atoms with van der Waals surface area (Å²) in [5.74, 6) is 0. The van der Waals surface area contributed by atoms with Crippen LogP contribution < -0.4 is 10.3 Å². The van der Waals surface area contributed by atoms with Crippen LogP contribution in [0.25, 0.3) is 10.8 Å². The number of aryl methyl sites for hydroxylation is 1. The number of hydrogen-bond acceptors (Lipinski definition) is 4. The highest BCUT2D eigenvalue weighted by atomic mass is 32.2. The van der Waals surface area contributed by atoms with Gasteiger partial charge in [0.2, 0.25) is 0 Å². The van der Waals surface area contributed by atoms with Crippen molar-refractivity contribution in [2.75, 3.05) is 0 Å². The van der Waals surface area contributed by atoms with Crippen molar-refractivity contribution in [2.45, 2.75) is 45.4 Å². The molecule has 0 amide bonds. The summed E-state index contributed by atoms with van der Waals surface area (Å²) in [5.41, 5.74) is 1.55. The molecule has 1 aromatic carbocycles. The molecule has 0 spiro atoms. The summed E-state index contributed by atoms with van der Waals surface area (Å²) in [6.45, 7) is 9.59. The Kier molecular flexibility index (Phi) is 4.41. The summed E-state index contributed by atoms with van der Waals surface area (Å²) in [6, 6.07) is 5.39. The van der Waals surface area contributed by atoms with Gasteiger partial charge in [-0.25, -0.2) is 5.10 Å².